The van der Waals surface area contributed by atoms with Crippen LogP contribution >= 0.6 is 12.4 Å². The summed E-state index contributed by atoms with van der Waals surface area (Å²) in [5.41, 5.74) is 2.97. The zero-order valence-corrected chi connectivity index (χ0v) is 16.6. The number of nitrogens with one attached hydrogen (secondary N) is 1. The number of benzene rings is 1. The number of piperidine rings is 1. The first-order valence-corrected chi connectivity index (χ1v) is 9.15. The van der Waals surface area contributed by atoms with E-state index in [4.69, 9.17) is 0 Å². The van der Waals surface area contributed by atoms with Crippen LogP contribution in [0.1, 0.15) is 60.3 Å². The van der Waals surface area contributed by atoms with Gasteiger partial charge in [-0.2, -0.15) is 5.10 Å². The molecule has 1 atom stereocenters. The van der Waals surface area contributed by atoms with Gasteiger partial charge in [0, 0.05) is 26.3 Å². The number of hydrogen-bond donors (Lipinski definition) is 1. The van der Waals surface area contributed by atoms with Crippen LogP contribution in [-0.2, 0) is 6.54 Å². The van der Waals surface area contributed by atoms with Crippen LogP contribution in [0.5, 0.6) is 0 Å². The van der Waals surface area contributed by atoms with E-state index < -0.39 is 0 Å². The third-order valence-electron chi connectivity index (χ3n) is 4.89. The van der Waals surface area contributed by atoms with Crippen LogP contribution in [-0.4, -0.2) is 40.7 Å². The molecule has 1 unspecified atom stereocenters. The molecule has 2 aromatic rings. The highest BCUT2D eigenvalue weighted by Gasteiger charge is 2.19. The summed E-state index contributed by atoms with van der Waals surface area (Å²) in [6.07, 6.45) is 4.19. The second-order valence-electron chi connectivity index (χ2n) is 7.24. The van der Waals surface area contributed by atoms with Crippen LogP contribution in [0, 0.1) is 0 Å². The lowest BCUT2D eigenvalue weighted by atomic mass is 10.0. The Morgan fingerprint density at radius 2 is 2.04 bits per heavy atom. The molecule has 0 radical (unpaired) electrons. The second kappa shape index (κ2) is 9.19. The van der Waals surface area contributed by atoms with E-state index in [1.807, 2.05) is 24.0 Å². The lowest BCUT2D eigenvalue weighted by Gasteiger charge is -2.23. The van der Waals surface area contributed by atoms with E-state index in [0.717, 1.165) is 31.5 Å². The molecule has 1 N–H and O–H groups in total. The Hall–Kier alpha value is -1.85. The topological polar surface area (TPSA) is 50.2 Å². The summed E-state index contributed by atoms with van der Waals surface area (Å²) in [6, 6.07) is 10.7. The van der Waals surface area contributed by atoms with Gasteiger partial charge in [0.05, 0.1) is 6.04 Å². The SMILES string of the molecule is CC(C)c1ccc(CN(C)C(=O)c2ccn(C3CCCNC3)n2)cc1.Cl. The summed E-state index contributed by atoms with van der Waals surface area (Å²) in [7, 11) is 1.83. The van der Waals surface area contributed by atoms with Gasteiger partial charge in [-0.25, -0.2) is 0 Å². The lowest BCUT2D eigenvalue weighted by Crippen LogP contribution is -2.32. The Labute approximate surface area is 162 Å². The molecule has 1 fully saturated rings. The molecule has 0 saturated carbocycles. The molecule has 6 heteroatoms. The fourth-order valence-corrected chi connectivity index (χ4v) is 3.26. The van der Waals surface area contributed by atoms with Gasteiger partial charge in [0.2, 0.25) is 0 Å². The van der Waals surface area contributed by atoms with Gasteiger partial charge < -0.3 is 10.2 Å². The van der Waals surface area contributed by atoms with Gasteiger partial charge in [-0.15, -0.1) is 12.4 Å². The highest BCUT2D eigenvalue weighted by atomic mass is 35.5. The normalized spacial score (nSPS) is 17.0. The van der Waals surface area contributed by atoms with Gasteiger partial charge in [-0.05, 0) is 42.5 Å². The average molecular weight is 377 g/mol. The van der Waals surface area contributed by atoms with Crippen LogP contribution in [0.25, 0.3) is 0 Å². The molecule has 1 amide bonds. The molecule has 1 aliphatic heterocycles. The first-order valence-electron chi connectivity index (χ1n) is 9.15. The van der Waals surface area contributed by atoms with Crippen molar-refractivity contribution in [1.82, 2.24) is 20.0 Å². The summed E-state index contributed by atoms with van der Waals surface area (Å²) in [6.45, 7) is 6.95. The van der Waals surface area contributed by atoms with Gasteiger partial charge in [0.25, 0.3) is 5.91 Å². The number of amides is 1. The number of carbonyl (C=O) groups excluding carboxylic acids is 1. The van der Waals surface area contributed by atoms with Crippen molar-refractivity contribution in [2.24, 2.45) is 0 Å². The van der Waals surface area contributed by atoms with Gasteiger partial charge in [0.1, 0.15) is 5.69 Å². The van der Waals surface area contributed by atoms with Crippen molar-refractivity contribution < 1.29 is 4.79 Å². The smallest absolute Gasteiger partial charge is 0.274 e. The van der Waals surface area contributed by atoms with Crippen molar-refractivity contribution in [2.45, 2.75) is 45.2 Å². The van der Waals surface area contributed by atoms with Crippen LogP contribution < -0.4 is 5.32 Å². The maximum atomic E-state index is 12.7. The fraction of sp³-hybridized carbons (Fsp3) is 0.500. The second-order valence-corrected chi connectivity index (χ2v) is 7.24. The van der Waals surface area contributed by atoms with E-state index >= 15 is 0 Å². The molecule has 1 aliphatic rings. The lowest BCUT2D eigenvalue weighted by molar-refractivity contribution is 0.0777. The van der Waals surface area contributed by atoms with Crippen molar-refractivity contribution in [1.29, 1.82) is 0 Å². The largest absolute Gasteiger partial charge is 0.336 e. The predicted octanol–water partition coefficient (Wildman–Crippen LogP) is 3.63. The molecular formula is C20H29ClN4O. The van der Waals surface area contributed by atoms with E-state index in [-0.39, 0.29) is 18.3 Å². The summed E-state index contributed by atoms with van der Waals surface area (Å²) >= 11 is 0. The Morgan fingerprint density at radius 1 is 1.31 bits per heavy atom. The molecule has 1 saturated heterocycles. The number of nitrogens with zero attached hydrogens (tertiary/aromatic N) is 3. The zero-order chi connectivity index (χ0) is 17.8. The molecular weight excluding hydrogens is 348 g/mol. The van der Waals surface area contributed by atoms with Gasteiger partial charge in [0.15, 0.2) is 0 Å². The Morgan fingerprint density at radius 3 is 2.65 bits per heavy atom. The molecule has 26 heavy (non-hydrogen) atoms. The van der Waals surface area contributed by atoms with Crippen LogP contribution in [0.2, 0.25) is 0 Å². The van der Waals surface area contributed by atoms with Crippen molar-refractivity contribution in [3.8, 4) is 0 Å². The maximum absolute atomic E-state index is 12.7. The summed E-state index contributed by atoms with van der Waals surface area (Å²) in [4.78, 5) is 14.4. The number of halogens is 1. The third kappa shape index (κ3) is 4.86. The number of rotatable bonds is 5. The third-order valence-corrected chi connectivity index (χ3v) is 4.89. The zero-order valence-electron chi connectivity index (χ0n) is 15.8. The summed E-state index contributed by atoms with van der Waals surface area (Å²) < 4.78 is 1.94. The van der Waals surface area contributed by atoms with E-state index in [2.05, 4.69) is 48.5 Å². The summed E-state index contributed by atoms with van der Waals surface area (Å²) in [5, 5.41) is 7.90. The minimum atomic E-state index is -0.0320. The first kappa shape index (κ1) is 20.5. The highest BCUT2D eigenvalue weighted by molar-refractivity contribution is 5.92. The monoisotopic (exact) mass is 376 g/mol. The molecule has 5 nitrogen and oxygen atoms in total. The Balaban J connectivity index is 0.00000243. The van der Waals surface area contributed by atoms with Crippen molar-refractivity contribution in [2.75, 3.05) is 20.1 Å². The minimum Gasteiger partial charge on any atom is -0.336 e. The molecule has 2 heterocycles. The van der Waals surface area contributed by atoms with Crippen molar-refractivity contribution >= 4 is 18.3 Å². The predicted molar refractivity (Wildman–Crippen MR) is 107 cm³/mol. The highest BCUT2D eigenvalue weighted by Crippen LogP contribution is 2.18. The molecule has 0 spiro atoms. The number of hydrogen-bond acceptors (Lipinski definition) is 3. The minimum absolute atomic E-state index is 0. The molecule has 0 bridgehead atoms. The fourth-order valence-electron chi connectivity index (χ4n) is 3.26. The van der Waals surface area contributed by atoms with Gasteiger partial charge in [-0.3, -0.25) is 9.48 Å². The van der Waals surface area contributed by atoms with Crippen LogP contribution in [0.3, 0.4) is 0 Å². The van der Waals surface area contributed by atoms with Crippen LogP contribution in [0.15, 0.2) is 36.5 Å². The van der Waals surface area contributed by atoms with Crippen molar-refractivity contribution in [3.63, 3.8) is 0 Å². The van der Waals surface area contributed by atoms with E-state index in [9.17, 15) is 4.79 Å². The molecule has 1 aromatic heterocycles. The molecule has 142 valence electrons. The van der Waals surface area contributed by atoms with E-state index in [1.165, 1.54) is 5.56 Å². The molecule has 0 aliphatic carbocycles. The molecule has 3 rings (SSSR count). The standard InChI is InChI=1S/C20H28N4O.ClH/c1-15(2)17-8-6-16(7-9-17)14-23(3)20(25)19-10-12-24(22-19)18-5-4-11-21-13-18;/h6-10,12,15,18,21H,4-5,11,13-14H2,1-3H3;1H. The average Bonchev–Trinajstić information content (AvgIpc) is 3.12. The first-order chi connectivity index (χ1) is 12.0. The quantitative estimate of drug-likeness (QED) is 0.866. The Kier molecular flexibility index (Phi) is 7.23. The van der Waals surface area contributed by atoms with Gasteiger partial charge >= 0.3 is 0 Å². The Bertz CT molecular complexity index is 705. The summed E-state index contributed by atoms with van der Waals surface area (Å²) in [5.74, 6) is 0.488. The maximum Gasteiger partial charge on any atom is 0.274 e. The van der Waals surface area contributed by atoms with Gasteiger partial charge in [-0.1, -0.05) is 38.1 Å². The molecule has 1 aromatic carbocycles. The number of aromatic nitrogens is 2. The van der Waals surface area contributed by atoms with Crippen LogP contribution in [0.4, 0.5) is 0 Å². The number of carbonyl (C=O) groups is 1. The van der Waals surface area contributed by atoms with E-state index in [1.54, 1.807) is 4.90 Å². The van der Waals surface area contributed by atoms with E-state index in [0.29, 0.717) is 24.2 Å². The van der Waals surface area contributed by atoms with Crippen molar-refractivity contribution in [3.05, 3.63) is 53.3 Å².